The monoisotopic (exact) mass is 357 g/mol. The molecule has 3 rings (SSSR count). The van der Waals surface area contributed by atoms with E-state index in [1.165, 1.54) is 0 Å². The number of halogens is 4. The molecule has 0 fully saturated rings. The van der Waals surface area contributed by atoms with Gasteiger partial charge in [-0.2, -0.15) is 13.2 Å². The Kier molecular flexibility index (Phi) is 3.91. The molecule has 2 aromatic rings. The van der Waals surface area contributed by atoms with Crippen molar-refractivity contribution in [3.8, 4) is 5.75 Å². The van der Waals surface area contributed by atoms with E-state index < -0.39 is 17.5 Å². The van der Waals surface area contributed by atoms with E-state index in [-0.39, 0.29) is 17.8 Å². The van der Waals surface area contributed by atoms with Crippen LogP contribution in [0.15, 0.2) is 30.3 Å². The molecule has 130 valence electrons. The van der Waals surface area contributed by atoms with Gasteiger partial charge in [-0.15, -0.1) is 11.6 Å². The fraction of sp³-hybridized carbons (Fsp3) is 0.444. The van der Waals surface area contributed by atoms with Crippen LogP contribution < -0.4 is 4.90 Å². The molecule has 2 aromatic carbocycles. The van der Waals surface area contributed by atoms with Gasteiger partial charge in [-0.1, -0.05) is 24.3 Å². The van der Waals surface area contributed by atoms with Crippen molar-refractivity contribution in [2.45, 2.75) is 43.8 Å². The molecule has 1 aliphatic heterocycles. The summed E-state index contributed by atoms with van der Waals surface area (Å²) in [6.45, 7) is 5.96. The average molecular weight is 358 g/mol. The summed E-state index contributed by atoms with van der Waals surface area (Å²) in [5.41, 5.74) is 0.801. The van der Waals surface area contributed by atoms with E-state index in [0.29, 0.717) is 22.0 Å². The summed E-state index contributed by atoms with van der Waals surface area (Å²) in [6, 6.07) is 8.52. The molecule has 6 heteroatoms. The highest BCUT2D eigenvalue weighted by atomic mass is 35.5. The zero-order chi connectivity index (χ0) is 17.9. The second-order valence-electron chi connectivity index (χ2n) is 7.21. The number of hydrogen-bond donors (Lipinski definition) is 1. The minimum absolute atomic E-state index is 0.0670. The number of rotatable bonds is 1. The van der Waals surface area contributed by atoms with Gasteiger partial charge in [0.2, 0.25) is 0 Å². The van der Waals surface area contributed by atoms with E-state index >= 15 is 0 Å². The van der Waals surface area contributed by atoms with Crippen LogP contribution in [0.25, 0.3) is 10.8 Å². The largest absolute Gasteiger partial charge is 0.507 e. The Bertz CT molecular complexity index is 782. The topological polar surface area (TPSA) is 23.5 Å². The number of hydrogen-bond acceptors (Lipinski definition) is 2. The van der Waals surface area contributed by atoms with Gasteiger partial charge in [0.25, 0.3) is 0 Å². The minimum Gasteiger partial charge on any atom is -0.507 e. The lowest BCUT2D eigenvalue weighted by atomic mass is 9.91. The fourth-order valence-corrected chi connectivity index (χ4v) is 3.67. The lowest BCUT2D eigenvalue weighted by Gasteiger charge is -2.35. The first-order valence-electron chi connectivity index (χ1n) is 7.75. The van der Waals surface area contributed by atoms with E-state index in [0.717, 1.165) is 0 Å². The van der Waals surface area contributed by atoms with Crippen molar-refractivity contribution in [2.75, 3.05) is 11.4 Å². The van der Waals surface area contributed by atoms with Crippen molar-refractivity contribution in [3.63, 3.8) is 0 Å². The predicted molar refractivity (Wildman–Crippen MR) is 91.1 cm³/mol. The predicted octanol–water partition coefficient (Wildman–Crippen LogP) is 5.42. The molecular formula is C18H19ClF3NO. The van der Waals surface area contributed by atoms with Crippen LogP contribution in [0.1, 0.15) is 32.3 Å². The Balaban J connectivity index is 2.28. The number of phenolic OH excluding ortho intramolecular Hbond substituents is 1. The van der Waals surface area contributed by atoms with Crippen LogP contribution in [-0.4, -0.2) is 28.7 Å². The van der Waals surface area contributed by atoms with Gasteiger partial charge >= 0.3 is 6.18 Å². The van der Waals surface area contributed by atoms with Crippen molar-refractivity contribution in [3.05, 3.63) is 35.9 Å². The van der Waals surface area contributed by atoms with Gasteiger partial charge in [-0.25, -0.2) is 0 Å². The SMILES string of the molecule is CC(C)(C)N1CC(C(Cl)C(F)(F)F)c2c1cc(O)c1ccccc21. The first kappa shape index (κ1) is 17.2. The number of benzene rings is 2. The van der Waals surface area contributed by atoms with Gasteiger partial charge in [-0.3, -0.25) is 0 Å². The van der Waals surface area contributed by atoms with Gasteiger partial charge in [-0.05, 0) is 31.7 Å². The highest BCUT2D eigenvalue weighted by Crippen LogP contribution is 2.51. The summed E-state index contributed by atoms with van der Waals surface area (Å²) < 4.78 is 39.9. The van der Waals surface area contributed by atoms with E-state index in [1.807, 2.05) is 25.7 Å². The summed E-state index contributed by atoms with van der Waals surface area (Å²) in [7, 11) is 0. The molecule has 24 heavy (non-hydrogen) atoms. The van der Waals surface area contributed by atoms with Crippen LogP contribution >= 0.6 is 11.6 Å². The molecular weight excluding hydrogens is 339 g/mol. The molecule has 0 saturated heterocycles. The second-order valence-corrected chi connectivity index (χ2v) is 7.68. The first-order valence-corrected chi connectivity index (χ1v) is 8.18. The number of fused-ring (bicyclic) bond motifs is 3. The number of alkyl halides is 4. The van der Waals surface area contributed by atoms with Crippen LogP contribution in [-0.2, 0) is 0 Å². The third-order valence-electron chi connectivity index (χ3n) is 4.56. The average Bonchev–Trinajstić information content (AvgIpc) is 2.85. The van der Waals surface area contributed by atoms with Crippen LogP contribution in [0.2, 0.25) is 0 Å². The maximum Gasteiger partial charge on any atom is 0.405 e. The molecule has 0 aromatic heterocycles. The molecule has 0 spiro atoms. The van der Waals surface area contributed by atoms with E-state index in [4.69, 9.17) is 11.6 Å². The Hall–Kier alpha value is -1.62. The normalized spacial score (nSPS) is 19.6. The first-order chi connectivity index (χ1) is 11.0. The molecule has 1 aliphatic rings. The van der Waals surface area contributed by atoms with Gasteiger partial charge in [0.1, 0.15) is 11.1 Å². The Morgan fingerprint density at radius 3 is 2.29 bits per heavy atom. The quantitative estimate of drug-likeness (QED) is 0.689. The zero-order valence-electron chi connectivity index (χ0n) is 13.7. The lowest BCUT2D eigenvalue weighted by molar-refractivity contribution is -0.134. The van der Waals surface area contributed by atoms with Crippen molar-refractivity contribution in [1.82, 2.24) is 0 Å². The molecule has 2 nitrogen and oxygen atoms in total. The van der Waals surface area contributed by atoms with Crippen molar-refractivity contribution in [2.24, 2.45) is 0 Å². The molecule has 0 saturated carbocycles. The standard InChI is InChI=1S/C18H19ClF3NO/c1-17(2,3)23-9-12(16(19)18(20,21)22)15-11-7-5-4-6-10(11)14(24)8-13(15)23/h4-8,12,16,24H,9H2,1-3H3. The molecule has 2 atom stereocenters. The smallest absolute Gasteiger partial charge is 0.405 e. The molecule has 0 radical (unpaired) electrons. The van der Waals surface area contributed by atoms with Crippen LogP contribution in [0.4, 0.5) is 18.9 Å². The highest BCUT2D eigenvalue weighted by Gasteiger charge is 2.49. The van der Waals surface area contributed by atoms with Crippen molar-refractivity contribution >= 4 is 28.1 Å². The maximum atomic E-state index is 13.3. The highest BCUT2D eigenvalue weighted by molar-refractivity contribution is 6.22. The molecule has 0 amide bonds. The van der Waals surface area contributed by atoms with Gasteiger partial charge < -0.3 is 10.0 Å². The summed E-state index contributed by atoms with van der Waals surface area (Å²) in [5, 5.41) is 9.52. The van der Waals surface area contributed by atoms with Crippen LogP contribution in [0.3, 0.4) is 0 Å². The Morgan fingerprint density at radius 1 is 1.17 bits per heavy atom. The van der Waals surface area contributed by atoms with Crippen molar-refractivity contribution < 1.29 is 18.3 Å². The van der Waals surface area contributed by atoms with Crippen LogP contribution in [0, 0.1) is 0 Å². The van der Waals surface area contributed by atoms with Gasteiger partial charge in [0.15, 0.2) is 0 Å². The summed E-state index contributed by atoms with van der Waals surface area (Å²) in [5.74, 6) is -0.816. The van der Waals surface area contributed by atoms with E-state index in [9.17, 15) is 18.3 Å². The van der Waals surface area contributed by atoms with Gasteiger partial charge in [0, 0.05) is 35.1 Å². The second kappa shape index (κ2) is 5.45. The maximum absolute atomic E-state index is 13.3. The van der Waals surface area contributed by atoms with E-state index in [1.54, 1.807) is 30.3 Å². The number of anilines is 1. The summed E-state index contributed by atoms with van der Waals surface area (Å²) in [4.78, 5) is 1.89. The zero-order valence-corrected chi connectivity index (χ0v) is 14.4. The molecule has 2 unspecified atom stereocenters. The summed E-state index contributed by atoms with van der Waals surface area (Å²) >= 11 is 5.83. The Morgan fingerprint density at radius 2 is 1.75 bits per heavy atom. The molecule has 0 bridgehead atoms. The van der Waals surface area contributed by atoms with Crippen molar-refractivity contribution in [1.29, 1.82) is 0 Å². The van der Waals surface area contributed by atoms with Gasteiger partial charge in [0.05, 0.1) is 0 Å². The number of nitrogens with zero attached hydrogens (tertiary/aromatic N) is 1. The number of phenols is 1. The lowest BCUT2D eigenvalue weighted by Crippen LogP contribution is -2.42. The molecule has 1 heterocycles. The minimum atomic E-state index is -4.49. The number of aromatic hydroxyl groups is 1. The molecule has 1 N–H and O–H groups in total. The molecule has 0 aliphatic carbocycles. The third kappa shape index (κ3) is 2.69. The van der Waals surface area contributed by atoms with E-state index in [2.05, 4.69) is 0 Å². The summed E-state index contributed by atoms with van der Waals surface area (Å²) in [6.07, 6.45) is -4.49. The van der Waals surface area contributed by atoms with Crippen LogP contribution in [0.5, 0.6) is 5.75 Å². The Labute approximate surface area is 143 Å². The fourth-order valence-electron chi connectivity index (χ4n) is 3.47. The third-order valence-corrected chi connectivity index (χ3v) is 5.11.